The summed E-state index contributed by atoms with van der Waals surface area (Å²) in [5.41, 5.74) is 0.986. The lowest BCUT2D eigenvalue weighted by Gasteiger charge is -2.14. The van der Waals surface area contributed by atoms with Crippen LogP contribution in [-0.4, -0.2) is 41.3 Å². The maximum atomic E-state index is 12.2. The Morgan fingerprint density at radius 3 is 2.47 bits per heavy atom. The Hall–Kier alpha value is -1.63. The first kappa shape index (κ1) is 15.4. The molecule has 1 heterocycles. The first-order valence-corrected chi connectivity index (χ1v) is 6.91. The van der Waals surface area contributed by atoms with Crippen LogP contribution >= 0.6 is 11.8 Å². The van der Waals surface area contributed by atoms with E-state index in [1.807, 2.05) is 6.26 Å². The van der Waals surface area contributed by atoms with Crippen LogP contribution in [0, 0.1) is 13.8 Å². The minimum atomic E-state index is -0.715. The Morgan fingerprint density at radius 1 is 1.32 bits per heavy atom. The molecule has 0 radical (unpaired) electrons. The van der Waals surface area contributed by atoms with Gasteiger partial charge in [-0.25, -0.2) is 14.8 Å². The molecule has 6 nitrogen and oxygen atoms in total. The molecule has 0 saturated heterocycles. The summed E-state index contributed by atoms with van der Waals surface area (Å²) in [6.07, 6.45) is 1.84. The molecule has 1 N–H and O–H groups in total. The van der Waals surface area contributed by atoms with Crippen LogP contribution in [0.2, 0.25) is 0 Å². The molecule has 0 aliphatic heterocycles. The van der Waals surface area contributed by atoms with Crippen molar-refractivity contribution in [2.24, 2.45) is 0 Å². The van der Waals surface area contributed by atoms with Gasteiger partial charge >= 0.3 is 5.97 Å². The van der Waals surface area contributed by atoms with Crippen LogP contribution in [-0.2, 0) is 9.53 Å². The van der Waals surface area contributed by atoms with Crippen LogP contribution in [0.25, 0.3) is 0 Å². The largest absolute Gasteiger partial charge is 0.467 e. The second-order valence-electron chi connectivity index (χ2n) is 3.96. The van der Waals surface area contributed by atoms with Gasteiger partial charge in [0.25, 0.3) is 5.91 Å². The van der Waals surface area contributed by atoms with Crippen molar-refractivity contribution in [2.75, 3.05) is 13.4 Å². The fraction of sp³-hybridized carbons (Fsp3) is 0.500. The van der Waals surface area contributed by atoms with Gasteiger partial charge in [-0.1, -0.05) is 0 Å². The molecular formula is C12H17N3O3S. The average Bonchev–Trinajstić information content (AvgIpc) is 2.36. The molecule has 0 bridgehead atoms. The van der Waals surface area contributed by atoms with E-state index in [1.54, 1.807) is 20.8 Å². The molecule has 1 atom stereocenters. The van der Waals surface area contributed by atoms with Crippen molar-refractivity contribution in [3.8, 4) is 0 Å². The van der Waals surface area contributed by atoms with Gasteiger partial charge in [0.05, 0.1) is 18.4 Å². The lowest BCUT2D eigenvalue weighted by atomic mass is 10.2. The topological polar surface area (TPSA) is 81.2 Å². The molecule has 7 heteroatoms. The van der Waals surface area contributed by atoms with Crippen molar-refractivity contribution >= 4 is 23.6 Å². The third-order valence-electron chi connectivity index (χ3n) is 2.49. The molecule has 0 saturated carbocycles. The van der Waals surface area contributed by atoms with Crippen LogP contribution in [0.15, 0.2) is 5.03 Å². The van der Waals surface area contributed by atoms with Crippen LogP contribution in [0.4, 0.5) is 0 Å². The van der Waals surface area contributed by atoms with E-state index in [9.17, 15) is 9.59 Å². The molecule has 0 aliphatic carbocycles. The SMILES string of the molecule is COC(=O)C(C)NC(=O)c1c(C)nc(C)nc1SC. The molecule has 104 valence electrons. The third-order valence-corrected chi connectivity index (χ3v) is 3.17. The molecule has 0 spiro atoms. The van der Waals surface area contributed by atoms with Gasteiger partial charge in [0.15, 0.2) is 0 Å². The molecule has 1 aromatic rings. The number of methoxy groups -OCH3 is 1. The monoisotopic (exact) mass is 283 g/mol. The number of amides is 1. The van der Waals surface area contributed by atoms with Gasteiger partial charge in [-0.15, -0.1) is 11.8 Å². The van der Waals surface area contributed by atoms with Crippen LogP contribution in [0.3, 0.4) is 0 Å². The minimum Gasteiger partial charge on any atom is -0.467 e. The Labute approximate surface area is 116 Å². The van der Waals surface area contributed by atoms with E-state index in [1.165, 1.54) is 18.9 Å². The number of aromatic nitrogens is 2. The van der Waals surface area contributed by atoms with Crippen molar-refractivity contribution in [3.63, 3.8) is 0 Å². The third kappa shape index (κ3) is 3.66. The average molecular weight is 283 g/mol. The van der Waals surface area contributed by atoms with E-state index < -0.39 is 12.0 Å². The second kappa shape index (κ2) is 6.51. The fourth-order valence-corrected chi connectivity index (χ4v) is 2.26. The number of thioether (sulfide) groups is 1. The number of rotatable bonds is 4. The summed E-state index contributed by atoms with van der Waals surface area (Å²) >= 11 is 1.37. The normalized spacial score (nSPS) is 11.8. The van der Waals surface area contributed by atoms with Gasteiger partial charge in [-0.3, -0.25) is 4.79 Å². The molecule has 0 fully saturated rings. The zero-order valence-electron chi connectivity index (χ0n) is 11.6. The standard InChI is InChI=1S/C12H17N3O3S/c1-6-9(11(19-5)15-8(3)13-6)10(16)14-7(2)12(17)18-4/h7H,1-5H3,(H,14,16). The van der Waals surface area contributed by atoms with Gasteiger partial charge in [0, 0.05) is 0 Å². The van der Waals surface area contributed by atoms with E-state index in [0.29, 0.717) is 22.1 Å². The summed E-state index contributed by atoms with van der Waals surface area (Å²) in [4.78, 5) is 31.9. The van der Waals surface area contributed by atoms with Gasteiger partial charge < -0.3 is 10.1 Å². The van der Waals surface area contributed by atoms with Crippen molar-refractivity contribution < 1.29 is 14.3 Å². The molecule has 1 unspecified atom stereocenters. The first-order chi connectivity index (χ1) is 8.90. The predicted octanol–water partition coefficient (Wildman–Crippen LogP) is 1.11. The van der Waals surface area contributed by atoms with E-state index in [4.69, 9.17) is 0 Å². The van der Waals surface area contributed by atoms with Crippen LogP contribution < -0.4 is 5.32 Å². The maximum Gasteiger partial charge on any atom is 0.328 e. The van der Waals surface area contributed by atoms with E-state index in [0.717, 1.165) is 0 Å². The van der Waals surface area contributed by atoms with Crippen molar-refractivity contribution in [3.05, 3.63) is 17.1 Å². The van der Waals surface area contributed by atoms with Gasteiger partial charge in [-0.05, 0) is 27.0 Å². The Morgan fingerprint density at radius 2 is 1.95 bits per heavy atom. The number of hydrogen-bond acceptors (Lipinski definition) is 6. The number of hydrogen-bond donors (Lipinski definition) is 1. The Balaban J connectivity index is 3.03. The van der Waals surface area contributed by atoms with Gasteiger partial charge in [0.2, 0.25) is 0 Å². The lowest BCUT2D eigenvalue weighted by Crippen LogP contribution is -2.39. The van der Waals surface area contributed by atoms with E-state index in [2.05, 4.69) is 20.0 Å². The summed E-state index contributed by atoms with van der Waals surface area (Å²) in [5.74, 6) is -0.260. The molecule has 0 aromatic carbocycles. The lowest BCUT2D eigenvalue weighted by molar-refractivity contribution is -0.142. The van der Waals surface area contributed by atoms with Crippen LogP contribution in [0.5, 0.6) is 0 Å². The smallest absolute Gasteiger partial charge is 0.328 e. The van der Waals surface area contributed by atoms with Crippen molar-refractivity contribution in [1.29, 1.82) is 0 Å². The number of esters is 1. The highest BCUT2D eigenvalue weighted by atomic mass is 32.2. The van der Waals surface area contributed by atoms with E-state index in [-0.39, 0.29) is 5.91 Å². The fourth-order valence-electron chi connectivity index (χ4n) is 1.59. The molecule has 19 heavy (non-hydrogen) atoms. The molecule has 1 rings (SSSR count). The summed E-state index contributed by atoms with van der Waals surface area (Å²) < 4.78 is 4.56. The summed E-state index contributed by atoms with van der Waals surface area (Å²) in [5, 5.41) is 3.17. The number of carbonyl (C=O) groups excluding carboxylic acids is 2. The van der Waals surface area contributed by atoms with Gasteiger partial charge in [-0.2, -0.15) is 0 Å². The van der Waals surface area contributed by atoms with Crippen LogP contribution in [0.1, 0.15) is 28.8 Å². The highest BCUT2D eigenvalue weighted by molar-refractivity contribution is 7.98. The zero-order valence-corrected chi connectivity index (χ0v) is 12.4. The summed E-state index contributed by atoms with van der Waals surface area (Å²) in [6, 6.07) is -0.715. The van der Waals surface area contributed by atoms with E-state index >= 15 is 0 Å². The highest BCUT2D eigenvalue weighted by Gasteiger charge is 2.22. The minimum absolute atomic E-state index is 0.375. The summed E-state index contributed by atoms with van der Waals surface area (Å²) in [6.45, 7) is 5.07. The Bertz CT molecular complexity index is 505. The number of nitrogens with zero attached hydrogens (tertiary/aromatic N) is 2. The molecule has 1 aromatic heterocycles. The number of ether oxygens (including phenoxy) is 1. The maximum absolute atomic E-state index is 12.2. The van der Waals surface area contributed by atoms with Gasteiger partial charge in [0.1, 0.15) is 16.9 Å². The second-order valence-corrected chi connectivity index (χ2v) is 4.75. The Kier molecular flexibility index (Phi) is 5.29. The zero-order chi connectivity index (χ0) is 14.6. The highest BCUT2D eigenvalue weighted by Crippen LogP contribution is 2.20. The van der Waals surface area contributed by atoms with Crippen molar-refractivity contribution in [2.45, 2.75) is 31.8 Å². The first-order valence-electron chi connectivity index (χ1n) is 5.68. The summed E-state index contributed by atoms with van der Waals surface area (Å²) in [7, 11) is 1.28. The number of carbonyl (C=O) groups is 2. The molecular weight excluding hydrogens is 266 g/mol. The number of nitrogens with one attached hydrogen (secondary N) is 1. The number of aryl methyl sites for hydroxylation is 2. The van der Waals surface area contributed by atoms with Crippen molar-refractivity contribution in [1.82, 2.24) is 15.3 Å². The molecule has 1 amide bonds. The molecule has 0 aliphatic rings. The quantitative estimate of drug-likeness (QED) is 0.506. The predicted molar refractivity (Wildman–Crippen MR) is 72.2 cm³/mol.